The molecule has 4 heteroatoms. The molecular weight excluding hydrogens is 221 g/mol. The number of amides is 1. The van der Waals surface area contributed by atoms with Crippen LogP contribution in [0.4, 0.5) is 5.69 Å². The van der Waals surface area contributed by atoms with Gasteiger partial charge in [-0.05, 0) is 24.6 Å². The number of benzene rings is 1. The van der Waals surface area contributed by atoms with Crippen LogP contribution in [0.5, 0.6) is 0 Å². The summed E-state index contributed by atoms with van der Waals surface area (Å²) in [6, 6.07) is 5.40. The Hall–Kier alpha value is -0.730. The first-order chi connectivity index (χ1) is 6.65. The summed E-state index contributed by atoms with van der Waals surface area (Å²) >= 11 is 11.3. The van der Waals surface area contributed by atoms with Gasteiger partial charge in [0.25, 0.3) is 0 Å². The van der Waals surface area contributed by atoms with Crippen LogP contribution >= 0.6 is 23.2 Å². The molecule has 0 saturated carbocycles. The number of halogens is 2. The van der Waals surface area contributed by atoms with E-state index in [0.717, 1.165) is 11.3 Å². The molecule has 0 aliphatic heterocycles. The minimum absolute atomic E-state index is 0.0923. The monoisotopic (exact) mass is 231 g/mol. The standard InChI is InChI=1S/C10H11Cl2NO/c1-7-8(12)3-2-4-9(7)13-10(14)5-6-11/h2-4H,5-6H2,1H3,(H,13,14). The van der Waals surface area contributed by atoms with Crippen molar-refractivity contribution in [3.8, 4) is 0 Å². The van der Waals surface area contributed by atoms with Crippen LogP contribution in [0, 0.1) is 6.92 Å². The Morgan fingerprint density at radius 3 is 2.86 bits per heavy atom. The van der Waals surface area contributed by atoms with Gasteiger partial charge in [0.1, 0.15) is 0 Å². The van der Waals surface area contributed by atoms with E-state index in [2.05, 4.69) is 5.32 Å². The lowest BCUT2D eigenvalue weighted by atomic mass is 10.2. The zero-order valence-corrected chi connectivity index (χ0v) is 9.32. The fourth-order valence-corrected chi connectivity index (χ4v) is 1.39. The van der Waals surface area contributed by atoms with E-state index in [1.807, 2.05) is 13.0 Å². The van der Waals surface area contributed by atoms with Crippen LogP contribution in [0.1, 0.15) is 12.0 Å². The molecule has 0 aliphatic rings. The van der Waals surface area contributed by atoms with Crippen LogP contribution < -0.4 is 5.32 Å². The van der Waals surface area contributed by atoms with E-state index >= 15 is 0 Å². The molecule has 76 valence electrons. The topological polar surface area (TPSA) is 29.1 Å². The largest absolute Gasteiger partial charge is 0.326 e. The molecule has 0 bridgehead atoms. The summed E-state index contributed by atoms with van der Waals surface area (Å²) in [6.07, 6.45) is 0.313. The Labute approximate surface area is 93.2 Å². The van der Waals surface area contributed by atoms with Crippen molar-refractivity contribution < 1.29 is 4.79 Å². The highest BCUT2D eigenvalue weighted by Gasteiger charge is 2.05. The van der Waals surface area contributed by atoms with Crippen molar-refractivity contribution in [2.24, 2.45) is 0 Å². The maximum Gasteiger partial charge on any atom is 0.225 e. The number of carbonyl (C=O) groups excluding carboxylic acids is 1. The lowest BCUT2D eigenvalue weighted by molar-refractivity contribution is -0.115. The van der Waals surface area contributed by atoms with Gasteiger partial charge in [0.15, 0.2) is 0 Å². The second kappa shape index (κ2) is 5.23. The average Bonchev–Trinajstić information content (AvgIpc) is 2.13. The van der Waals surface area contributed by atoms with E-state index in [9.17, 15) is 4.79 Å². The summed E-state index contributed by atoms with van der Waals surface area (Å²) in [5.74, 6) is 0.233. The molecule has 0 heterocycles. The molecular formula is C10H11Cl2NO. The lowest BCUT2D eigenvalue weighted by Crippen LogP contribution is -2.12. The highest BCUT2D eigenvalue weighted by Crippen LogP contribution is 2.22. The van der Waals surface area contributed by atoms with E-state index in [1.165, 1.54) is 0 Å². The first kappa shape index (κ1) is 11.3. The Kier molecular flexibility index (Phi) is 4.23. The van der Waals surface area contributed by atoms with Crippen molar-refractivity contribution in [3.63, 3.8) is 0 Å². The fraction of sp³-hybridized carbons (Fsp3) is 0.300. The first-order valence-corrected chi connectivity index (χ1v) is 5.17. The summed E-state index contributed by atoms with van der Waals surface area (Å²) in [6.45, 7) is 1.86. The molecule has 0 radical (unpaired) electrons. The summed E-state index contributed by atoms with van der Waals surface area (Å²) < 4.78 is 0. The normalized spacial score (nSPS) is 9.93. The quantitative estimate of drug-likeness (QED) is 0.796. The molecule has 0 saturated heterocycles. The lowest BCUT2D eigenvalue weighted by Gasteiger charge is -2.08. The predicted octanol–water partition coefficient (Wildman–Crippen LogP) is 3.22. The number of hydrogen-bond donors (Lipinski definition) is 1. The van der Waals surface area contributed by atoms with Crippen LogP contribution in [-0.4, -0.2) is 11.8 Å². The van der Waals surface area contributed by atoms with Crippen molar-refractivity contribution >= 4 is 34.8 Å². The second-order valence-corrected chi connectivity index (χ2v) is 3.68. The maximum absolute atomic E-state index is 11.2. The van der Waals surface area contributed by atoms with E-state index in [0.29, 0.717) is 17.3 Å². The van der Waals surface area contributed by atoms with Crippen molar-refractivity contribution in [2.45, 2.75) is 13.3 Å². The number of anilines is 1. The van der Waals surface area contributed by atoms with Crippen LogP contribution in [0.3, 0.4) is 0 Å². The van der Waals surface area contributed by atoms with Gasteiger partial charge < -0.3 is 5.32 Å². The van der Waals surface area contributed by atoms with E-state index in [4.69, 9.17) is 23.2 Å². The average molecular weight is 232 g/mol. The Morgan fingerprint density at radius 2 is 2.21 bits per heavy atom. The molecule has 1 aromatic rings. The van der Waals surface area contributed by atoms with Crippen molar-refractivity contribution in [2.75, 3.05) is 11.2 Å². The van der Waals surface area contributed by atoms with E-state index in [1.54, 1.807) is 12.1 Å². The van der Waals surface area contributed by atoms with Gasteiger partial charge in [0.05, 0.1) is 0 Å². The fourth-order valence-electron chi connectivity index (χ4n) is 1.04. The van der Waals surface area contributed by atoms with Gasteiger partial charge in [0, 0.05) is 23.0 Å². The molecule has 0 fully saturated rings. The number of alkyl halides is 1. The van der Waals surface area contributed by atoms with Crippen molar-refractivity contribution in [3.05, 3.63) is 28.8 Å². The van der Waals surface area contributed by atoms with Crippen LogP contribution in [0.15, 0.2) is 18.2 Å². The molecule has 1 N–H and O–H groups in total. The van der Waals surface area contributed by atoms with Crippen LogP contribution in [-0.2, 0) is 4.79 Å². The third-order valence-electron chi connectivity index (χ3n) is 1.86. The second-order valence-electron chi connectivity index (χ2n) is 2.90. The van der Waals surface area contributed by atoms with Gasteiger partial charge in [0.2, 0.25) is 5.91 Å². The van der Waals surface area contributed by atoms with Gasteiger partial charge in [-0.1, -0.05) is 17.7 Å². The van der Waals surface area contributed by atoms with Gasteiger partial charge >= 0.3 is 0 Å². The van der Waals surface area contributed by atoms with Crippen LogP contribution in [0.2, 0.25) is 5.02 Å². The van der Waals surface area contributed by atoms with Gasteiger partial charge in [-0.15, -0.1) is 11.6 Å². The highest BCUT2D eigenvalue weighted by atomic mass is 35.5. The summed E-state index contributed by atoms with van der Waals surface area (Å²) in [4.78, 5) is 11.2. The van der Waals surface area contributed by atoms with Crippen LogP contribution in [0.25, 0.3) is 0 Å². The predicted molar refractivity (Wildman–Crippen MR) is 60.2 cm³/mol. The van der Waals surface area contributed by atoms with Gasteiger partial charge in [-0.25, -0.2) is 0 Å². The minimum Gasteiger partial charge on any atom is -0.326 e. The first-order valence-electron chi connectivity index (χ1n) is 4.26. The maximum atomic E-state index is 11.2. The molecule has 0 atom stereocenters. The number of rotatable bonds is 3. The Morgan fingerprint density at radius 1 is 1.50 bits per heavy atom. The van der Waals surface area contributed by atoms with Gasteiger partial charge in [-0.3, -0.25) is 4.79 Å². The molecule has 14 heavy (non-hydrogen) atoms. The highest BCUT2D eigenvalue weighted by molar-refractivity contribution is 6.31. The summed E-state index contributed by atoms with van der Waals surface area (Å²) in [5, 5.41) is 3.39. The Balaban J connectivity index is 2.76. The van der Waals surface area contributed by atoms with Gasteiger partial charge in [-0.2, -0.15) is 0 Å². The molecule has 0 aromatic heterocycles. The summed E-state index contributed by atoms with van der Waals surface area (Å²) in [5.41, 5.74) is 1.62. The molecule has 0 unspecified atom stereocenters. The van der Waals surface area contributed by atoms with E-state index in [-0.39, 0.29) is 5.91 Å². The minimum atomic E-state index is -0.0923. The molecule has 2 nitrogen and oxygen atoms in total. The number of carbonyl (C=O) groups is 1. The van der Waals surface area contributed by atoms with Crippen molar-refractivity contribution in [1.29, 1.82) is 0 Å². The zero-order valence-electron chi connectivity index (χ0n) is 7.81. The number of hydrogen-bond acceptors (Lipinski definition) is 1. The smallest absolute Gasteiger partial charge is 0.225 e. The SMILES string of the molecule is Cc1c(Cl)cccc1NC(=O)CCCl. The molecule has 1 amide bonds. The molecule has 1 rings (SSSR count). The van der Waals surface area contributed by atoms with Crippen molar-refractivity contribution in [1.82, 2.24) is 0 Å². The molecule has 0 aliphatic carbocycles. The number of nitrogens with one attached hydrogen (secondary N) is 1. The summed E-state index contributed by atoms with van der Waals surface area (Å²) in [7, 11) is 0. The third kappa shape index (κ3) is 2.89. The Bertz CT molecular complexity index is 339. The molecule has 1 aromatic carbocycles. The zero-order chi connectivity index (χ0) is 10.6. The van der Waals surface area contributed by atoms with E-state index < -0.39 is 0 Å². The third-order valence-corrected chi connectivity index (χ3v) is 2.46. The molecule has 0 spiro atoms.